The van der Waals surface area contributed by atoms with Gasteiger partial charge in [-0.15, -0.1) is 0 Å². The van der Waals surface area contributed by atoms with Crippen LogP contribution in [0, 0.1) is 23.2 Å². The number of nitrogens with zero attached hydrogens (tertiary/aromatic N) is 1. The van der Waals surface area contributed by atoms with Gasteiger partial charge in [-0.05, 0) is 118 Å². The molecule has 0 spiro atoms. The van der Waals surface area contributed by atoms with Crippen LogP contribution >= 0.6 is 21.6 Å². The number of benzene rings is 2. The molecule has 0 aromatic heterocycles. The Morgan fingerprint density at radius 3 is 2.68 bits per heavy atom. The Labute approximate surface area is 341 Å². The van der Waals surface area contributed by atoms with E-state index in [1.807, 2.05) is 37.4 Å². The number of aromatic hydroxyl groups is 2. The topological polar surface area (TPSA) is 154 Å². The highest BCUT2D eigenvalue weighted by molar-refractivity contribution is 8.76. The highest BCUT2D eigenvalue weighted by atomic mass is 33.1. The molecule has 0 amide bonds. The highest BCUT2D eigenvalue weighted by Crippen LogP contribution is 2.50. The summed E-state index contributed by atoms with van der Waals surface area (Å²) in [6.45, 7) is 2.79. The first-order chi connectivity index (χ1) is 27.1. The molecule has 5 rings (SSSR count). The summed E-state index contributed by atoms with van der Waals surface area (Å²) in [6, 6.07) is 9.38. The summed E-state index contributed by atoms with van der Waals surface area (Å²) < 4.78 is 17.5. The molecule has 2 fully saturated rings. The van der Waals surface area contributed by atoms with E-state index >= 15 is 0 Å². The second kappa shape index (κ2) is 21.1. The molecular formula is C43H64N4O7S2. The largest absolute Gasteiger partial charge is 0.504 e. The number of aliphatic imine (C=N–C) groups is 1. The molecule has 0 saturated heterocycles. The van der Waals surface area contributed by atoms with E-state index in [9.17, 15) is 20.1 Å². The first kappa shape index (κ1) is 44.0. The number of phenols is 2. The molecule has 2 aliphatic carbocycles. The Bertz CT molecular complexity index is 1660. The van der Waals surface area contributed by atoms with Crippen LogP contribution in [0.4, 0.5) is 5.69 Å². The first-order valence-electron chi connectivity index (χ1n) is 20.3. The molecule has 11 nitrogen and oxygen atoms in total. The molecule has 2 aromatic carbocycles. The van der Waals surface area contributed by atoms with Crippen LogP contribution in [0.1, 0.15) is 88.7 Å². The lowest BCUT2D eigenvalue weighted by molar-refractivity contribution is -0.125. The Hall–Kier alpha value is -3.10. The lowest BCUT2D eigenvalue weighted by Gasteiger charge is -2.34. The van der Waals surface area contributed by atoms with Crippen molar-refractivity contribution in [3.63, 3.8) is 0 Å². The number of anilines is 1. The Morgan fingerprint density at radius 1 is 1.09 bits per heavy atom. The molecule has 0 unspecified atom stereocenters. The SMILES string of the molecule is CCCCC[C@H]1/C=C/C(=O)[C@@]2(Cc3ccc(O)c(OC)c3)CCC[C@H]2CSSCNC(=NC)Nc2cc(cc(O[C@]3(CNC)CC[C@H](C[C@H](O)OC)C3)c2O)C1. The number of ketones is 1. The number of unbranched alkanes of at least 4 members (excludes halogenated alkanes) is 2. The van der Waals surface area contributed by atoms with Crippen molar-refractivity contribution in [1.82, 2.24) is 10.6 Å². The van der Waals surface area contributed by atoms with Crippen LogP contribution < -0.4 is 25.4 Å². The monoisotopic (exact) mass is 812 g/mol. The second-order valence-electron chi connectivity index (χ2n) is 15.9. The number of nitrogens with one attached hydrogen (secondary N) is 3. The van der Waals surface area contributed by atoms with Crippen LogP contribution in [0.3, 0.4) is 0 Å². The average Bonchev–Trinajstić information content (AvgIpc) is 3.78. The maximum Gasteiger partial charge on any atom is 0.196 e. The minimum absolute atomic E-state index is 0.0152. The van der Waals surface area contributed by atoms with Crippen molar-refractivity contribution in [2.45, 2.75) is 102 Å². The molecule has 2 saturated carbocycles. The number of aliphatic hydroxyl groups is 1. The summed E-state index contributed by atoms with van der Waals surface area (Å²) in [4.78, 5) is 19.2. The van der Waals surface area contributed by atoms with Gasteiger partial charge in [0.1, 0.15) is 5.60 Å². The quantitative estimate of drug-likeness (QED) is 0.0477. The van der Waals surface area contributed by atoms with Crippen LogP contribution in [0.2, 0.25) is 0 Å². The van der Waals surface area contributed by atoms with Crippen LogP contribution in [0.5, 0.6) is 23.0 Å². The highest BCUT2D eigenvalue weighted by Gasteiger charge is 2.47. The van der Waals surface area contributed by atoms with E-state index in [2.05, 4.69) is 33.9 Å². The number of guanidine groups is 1. The third kappa shape index (κ3) is 11.3. The van der Waals surface area contributed by atoms with Gasteiger partial charge in [0.2, 0.25) is 0 Å². The van der Waals surface area contributed by atoms with Gasteiger partial charge in [-0.3, -0.25) is 9.79 Å². The van der Waals surface area contributed by atoms with Crippen molar-refractivity contribution < 1.29 is 34.3 Å². The number of fused-ring (bicyclic) bond motifs is 3. The fourth-order valence-electron chi connectivity index (χ4n) is 9.00. The number of likely N-dealkylation sites (N-methyl/N-ethyl adjacent to an activating group) is 1. The van der Waals surface area contributed by atoms with Crippen molar-refractivity contribution in [3.05, 3.63) is 53.6 Å². The molecular weight excluding hydrogens is 749 g/mol. The lowest BCUT2D eigenvalue weighted by atomic mass is 9.70. The number of ether oxygens (including phenoxy) is 3. The van der Waals surface area contributed by atoms with Gasteiger partial charge in [0, 0.05) is 38.3 Å². The molecule has 56 heavy (non-hydrogen) atoms. The standard InChI is InChI=1S/C43H64N4O7S2/c1-6-7-8-10-29-13-15-38(49)43(25-30-12-14-35(48)36(21-30)52-4)17-9-11-33(43)26-55-56-28-46-41(45-3)47-34-20-32(19-29)22-37(40(34)51)54-42(27-44-2)18-16-31(24-42)23-39(50)53-5/h12-15,20-22,29,31,33,39,44,48,50-51H,6-11,16-19,23-28H2,1-5H3,(H2,45,46,47)/b15-13+/t29-,31+,33-,39+,42+,43+/m0/s1. The predicted octanol–water partition coefficient (Wildman–Crippen LogP) is 7.83. The van der Waals surface area contributed by atoms with Crippen molar-refractivity contribution in [3.8, 4) is 23.0 Å². The molecule has 310 valence electrons. The molecule has 1 heterocycles. The summed E-state index contributed by atoms with van der Waals surface area (Å²) in [6.07, 6.45) is 14.2. The van der Waals surface area contributed by atoms with Gasteiger partial charge < -0.3 is 45.5 Å². The minimum Gasteiger partial charge on any atom is -0.504 e. The fraction of sp³-hybridized carbons (Fsp3) is 0.628. The Balaban J connectivity index is 1.52. The zero-order chi connectivity index (χ0) is 40.1. The lowest BCUT2D eigenvalue weighted by Crippen LogP contribution is -2.43. The van der Waals surface area contributed by atoms with E-state index in [4.69, 9.17) is 14.2 Å². The summed E-state index contributed by atoms with van der Waals surface area (Å²) in [7, 11) is 10.1. The Kier molecular flexibility index (Phi) is 16.6. The number of carbonyl (C=O) groups is 1. The number of carbonyl (C=O) groups excluding carboxylic acids is 1. The third-order valence-corrected chi connectivity index (χ3v) is 14.2. The van der Waals surface area contributed by atoms with Gasteiger partial charge in [-0.2, -0.15) is 0 Å². The summed E-state index contributed by atoms with van der Waals surface area (Å²) >= 11 is 0. The molecule has 0 radical (unpaired) electrons. The van der Waals surface area contributed by atoms with E-state index in [0.717, 1.165) is 74.7 Å². The molecule has 6 atom stereocenters. The van der Waals surface area contributed by atoms with Gasteiger partial charge in [0.05, 0.1) is 18.7 Å². The van der Waals surface area contributed by atoms with Crippen molar-refractivity contribution in [2.75, 3.05) is 51.8 Å². The number of hydrogen-bond donors (Lipinski definition) is 6. The summed E-state index contributed by atoms with van der Waals surface area (Å²) in [5, 5.41) is 42.4. The van der Waals surface area contributed by atoms with Gasteiger partial charge >= 0.3 is 0 Å². The first-order valence-corrected chi connectivity index (χ1v) is 22.8. The van der Waals surface area contributed by atoms with Crippen molar-refractivity contribution in [1.29, 1.82) is 0 Å². The van der Waals surface area contributed by atoms with E-state index in [0.29, 0.717) is 61.3 Å². The fourth-order valence-corrected chi connectivity index (χ4v) is 11.2. The smallest absolute Gasteiger partial charge is 0.196 e. The minimum atomic E-state index is -0.825. The van der Waals surface area contributed by atoms with Crippen molar-refractivity contribution in [2.24, 2.45) is 28.2 Å². The maximum atomic E-state index is 14.7. The zero-order valence-electron chi connectivity index (χ0n) is 33.9. The molecule has 2 aromatic rings. The van der Waals surface area contributed by atoms with Gasteiger partial charge in [0.15, 0.2) is 41.0 Å². The molecule has 1 aliphatic heterocycles. The normalized spacial score (nSPS) is 27.9. The molecule has 2 bridgehead atoms. The average molecular weight is 813 g/mol. The maximum absolute atomic E-state index is 14.7. The van der Waals surface area contributed by atoms with E-state index in [-0.39, 0.29) is 35.0 Å². The van der Waals surface area contributed by atoms with Crippen LogP contribution in [-0.4, -0.2) is 85.4 Å². The van der Waals surface area contributed by atoms with Gasteiger partial charge in [0.25, 0.3) is 0 Å². The van der Waals surface area contributed by atoms with E-state index < -0.39 is 17.3 Å². The molecule has 13 heteroatoms. The van der Waals surface area contributed by atoms with Gasteiger partial charge in [-0.25, -0.2) is 0 Å². The third-order valence-electron chi connectivity index (χ3n) is 12.0. The predicted molar refractivity (Wildman–Crippen MR) is 229 cm³/mol. The Morgan fingerprint density at radius 2 is 1.93 bits per heavy atom. The van der Waals surface area contributed by atoms with Crippen LogP contribution in [-0.2, 0) is 22.4 Å². The summed E-state index contributed by atoms with van der Waals surface area (Å²) in [5.74, 6) is 3.50. The van der Waals surface area contributed by atoms with E-state index in [1.54, 1.807) is 41.8 Å². The molecule has 6 N–H and O–H groups in total. The second-order valence-corrected chi connectivity index (χ2v) is 18.4. The van der Waals surface area contributed by atoms with E-state index in [1.165, 1.54) is 7.11 Å². The number of rotatable bonds is 14. The number of methoxy groups -OCH3 is 2. The number of hydrogen-bond acceptors (Lipinski definition) is 11. The number of aliphatic hydroxyl groups excluding tert-OH is 1. The number of allylic oxidation sites excluding steroid dienone is 2. The van der Waals surface area contributed by atoms with Crippen LogP contribution in [0.15, 0.2) is 47.5 Å². The molecule has 3 aliphatic rings. The number of phenolic OH excluding ortho intramolecular Hbond substituents is 2. The van der Waals surface area contributed by atoms with Crippen molar-refractivity contribution >= 4 is 39.0 Å². The zero-order valence-corrected chi connectivity index (χ0v) is 35.5. The van der Waals surface area contributed by atoms with Crippen LogP contribution in [0.25, 0.3) is 0 Å². The summed E-state index contributed by atoms with van der Waals surface area (Å²) in [5.41, 5.74) is 1.32. The van der Waals surface area contributed by atoms with Gasteiger partial charge in [-0.1, -0.05) is 66.3 Å².